The number of nitrogens with two attached hydrogens (primary N) is 1. The van der Waals surface area contributed by atoms with Crippen LogP contribution in [0.25, 0.3) is 5.69 Å². The van der Waals surface area contributed by atoms with Crippen molar-refractivity contribution in [3.8, 4) is 17.2 Å². The lowest BCUT2D eigenvalue weighted by molar-refractivity contribution is -0.134. The summed E-state index contributed by atoms with van der Waals surface area (Å²) in [6, 6.07) is 11.1. The van der Waals surface area contributed by atoms with Crippen molar-refractivity contribution in [2.75, 3.05) is 14.2 Å². The number of hydrogen-bond acceptors (Lipinski definition) is 8. The van der Waals surface area contributed by atoms with E-state index in [1.165, 1.54) is 32.4 Å². The maximum absolute atomic E-state index is 14.6. The van der Waals surface area contributed by atoms with Gasteiger partial charge in [0.1, 0.15) is 22.4 Å². The number of aliphatic carboxylic acids is 1. The first kappa shape index (κ1) is 29.6. The van der Waals surface area contributed by atoms with Gasteiger partial charge < -0.3 is 25.4 Å². The number of aromatic carboxylic acids is 1. The molecular formula is C26H26FN5O7S. The van der Waals surface area contributed by atoms with Gasteiger partial charge in [-0.15, -0.1) is 16.4 Å². The van der Waals surface area contributed by atoms with Crippen molar-refractivity contribution in [2.24, 2.45) is 5.73 Å². The fraction of sp³-hybridized carbons (Fsp3) is 0.192. The number of hydrogen-bond donors (Lipinski definition) is 5. The summed E-state index contributed by atoms with van der Waals surface area (Å²) in [7, 11) is 3.00. The zero-order valence-corrected chi connectivity index (χ0v) is 22.4. The van der Waals surface area contributed by atoms with Gasteiger partial charge in [0.25, 0.3) is 5.97 Å². The third-order valence-electron chi connectivity index (χ3n) is 5.61. The van der Waals surface area contributed by atoms with E-state index in [0.717, 1.165) is 22.9 Å². The highest BCUT2D eigenvalue weighted by Crippen LogP contribution is 2.34. The fourth-order valence-electron chi connectivity index (χ4n) is 3.87. The monoisotopic (exact) mass is 571 g/mol. The van der Waals surface area contributed by atoms with Crippen LogP contribution in [0, 0.1) is 11.2 Å². The first-order chi connectivity index (χ1) is 19.0. The largest absolute Gasteiger partial charge is 0.493 e. The van der Waals surface area contributed by atoms with Crippen molar-refractivity contribution in [1.82, 2.24) is 14.8 Å². The van der Waals surface area contributed by atoms with Crippen LogP contribution in [0.2, 0.25) is 0 Å². The van der Waals surface area contributed by atoms with Gasteiger partial charge in [0.2, 0.25) is 0 Å². The third-order valence-corrected chi connectivity index (χ3v) is 6.50. The van der Waals surface area contributed by atoms with Gasteiger partial charge in [-0.1, -0.05) is 12.1 Å². The fourth-order valence-corrected chi connectivity index (χ4v) is 4.58. The van der Waals surface area contributed by atoms with Crippen LogP contribution in [-0.2, 0) is 11.2 Å². The highest BCUT2D eigenvalue weighted by Gasteiger charge is 2.24. The summed E-state index contributed by atoms with van der Waals surface area (Å²) in [5.41, 5.74) is 6.19. The van der Waals surface area contributed by atoms with Gasteiger partial charge >= 0.3 is 11.7 Å². The van der Waals surface area contributed by atoms with E-state index in [-0.39, 0.29) is 34.2 Å². The van der Waals surface area contributed by atoms with E-state index in [9.17, 15) is 19.1 Å². The van der Waals surface area contributed by atoms with Crippen LogP contribution in [0.15, 0.2) is 52.6 Å². The molecule has 0 saturated heterocycles. The van der Waals surface area contributed by atoms with Crippen molar-refractivity contribution in [2.45, 2.75) is 19.3 Å². The maximum atomic E-state index is 14.6. The third kappa shape index (κ3) is 6.71. The number of carboxylic acids is 2. The predicted octanol–water partition coefficient (Wildman–Crippen LogP) is 3.23. The minimum absolute atomic E-state index is 0.0160. The summed E-state index contributed by atoms with van der Waals surface area (Å²) in [5.74, 6) is -2.42. The number of H-pyrrole nitrogens is 1. The molecule has 2 aromatic heterocycles. The van der Waals surface area contributed by atoms with E-state index < -0.39 is 29.4 Å². The minimum Gasteiger partial charge on any atom is -0.493 e. The molecule has 1 atom stereocenters. The quantitative estimate of drug-likeness (QED) is 0.148. The molecule has 0 aliphatic rings. The van der Waals surface area contributed by atoms with Crippen LogP contribution in [0.1, 0.15) is 45.0 Å². The summed E-state index contributed by atoms with van der Waals surface area (Å²) in [4.78, 5) is 36.1. The van der Waals surface area contributed by atoms with E-state index in [1.54, 1.807) is 29.6 Å². The van der Waals surface area contributed by atoms with Gasteiger partial charge in [-0.3, -0.25) is 15.2 Å². The molecule has 0 bridgehead atoms. The Hall–Kier alpha value is -4.98. The molecule has 1 unspecified atom stereocenters. The molecule has 14 heteroatoms. The molecule has 4 rings (SSSR count). The van der Waals surface area contributed by atoms with E-state index in [0.29, 0.717) is 22.6 Å². The minimum atomic E-state index is -1.17. The molecule has 2 aromatic carbocycles. The predicted molar refractivity (Wildman–Crippen MR) is 145 cm³/mol. The van der Waals surface area contributed by atoms with E-state index in [1.807, 2.05) is 0 Å². The molecule has 0 radical (unpaired) electrons. The van der Waals surface area contributed by atoms with E-state index in [2.05, 4.69) is 10.1 Å². The molecular weight excluding hydrogens is 545 g/mol. The molecule has 0 aliphatic carbocycles. The first-order valence-corrected chi connectivity index (χ1v) is 12.4. The van der Waals surface area contributed by atoms with Gasteiger partial charge in [0.15, 0.2) is 11.5 Å². The first-order valence-electron chi connectivity index (χ1n) is 11.5. The molecule has 0 spiro atoms. The molecule has 0 saturated carbocycles. The van der Waals surface area contributed by atoms with Crippen LogP contribution in [0.3, 0.4) is 0 Å². The van der Waals surface area contributed by atoms with Gasteiger partial charge in [-0.05, 0) is 53.3 Å². The topological polar surface area (TPSA) is 194 Å². The number of carboxylic acid groups (broad SMARTS) is 2. The second kappa shape index (κ2) is 12.7. The van der Waals surface area contributed by atoms with Gasteiger partial charge in [-0.25, -0.2) is 14.0 Å². The zero-order valence-electron chi connectivity index (χ0n) is 21.6. The van der Waals surface area contributed by atoms with Gasteiger partial charge in [0, 0.05) is 12.8 Å². The number of halogens is 1. The summed E-state index contributed by atoms with van der Waals surface area (Å²) in [6.07, 6.45) is 0.215. The number of nitrogen functional groups attached to an aromatic ring is 1. The Bertz CT molecular complexity index is 1610. The Kier molecular flexibility index (Phi) is 9.40. The number of thiophene rings is 1. The molecule has 4 aromatic rings. The Labute approximate surface area is 230 Å². The number of carbonyl (C=O) groups is 2. The number of aromatic amines is 1. The lowest BCUT2D eigenvalue weighted by atomic mass is 9.90. The summed E-state index contributed by atoms with van der Waals surface area (Å²) >= 11 is 0.979. The molecule has 0 fully saturated rings. The molecule has 6 N–H and O–H groups in total. The smallest absolute Gasteiger partial charge is 0.348 e. The van der Waals surface area contributed by atoms with Crippen LogP contribution in [-0.4, -0.2) is 57.0 Å². The summed E-state index contributed by atoms with van der Waals surface area (Å²) in [6.45, 7) is 1.08. The molecule has 210 valence electrons. The van der Waals surface area contributed by atoms with Crippen molar-refractivity contribution in [3.63, 3.8) is 0 Å². The normalized spacial score (nSPS) is 11.2. The lowest BCUT2D eigenvalue weighted by Crippen LogP contribution is -2.17. The van der Waals surface area contributed by atoms with Gasteiger partial charge in [-0.2, -0.15) is 4.68 Å². The number of ether oxygens (including phenoxy) is 2. The Morgan fingerprint density at radius 3 is 2.40 bits per heavy atom. The van der Waals surface area contributed by atoms with Crippen LogP contribution in [0.4, 0.5) is 4.39 Å². The highest BCUT2D eigenvalue weighted by atomic mass is 32.1. The number of aromatic nitrogens is 3. The van der Waals surface area contributed by atoms with Crippen LogP contribution < -0.4 is 20.9 Å². The zero-order chi connectivity index (χ0) is 29.6. The lowest BCUT2D eigenvalue weighted by Gasteiger charge is -2.17. The summed E-state index contributed by atoms with van der Waals surface area (Å²) < 4.78 is 26.3. The number of nitrogens with zero attached hydrogens (tertiary/aromatic N) is 2. The van der Waals surface area contributed by atoms with Crippen molar-refractivity contribution >= 4 is 29.1 Å². The Morgan fingerprint density at radius 1 is 1.15 bits per heavy atom. The molecule has 0 amide bonds. The van der Waals surface area contributed by atoms with Gasteiger partial charge in [0.05, 0.1) is 25.5 Å². The number of amidine groups is 1. The molecule has 2 heterocycles. The second-order valence-electron chi connectivity index (χ2n) is 8.29. The number of benzene rings is 2. The number of nitrogens with one attached hydrogen (secondary N) is 2. The average Bonchev–Trinajstić information content (AvgIpc) is 3.53. The van der Waals surface area contributed by atoms with E-state index in [4.69, 9.17) is 30.5 Å². The average molecular weight is 572 g/mol. The van der Waals surface area contributed by atoms with E-state index >= 15 is 0 Å². The van der Waals surface area contributed by atoms with Crippen LogP contribution in [0.5, 0.6) is 11.5 Å². The number of methoxy groups -OCH3 is 2. The highest BCUT2D eigenvalue weighted by molar-refractivity contribution is 7.12. The molecule has 12 nitrogen and oxygen atoms in total. The SMILES string of the molecule is CC(=O)O.COc1ccc(C(Cc2ccc(C(=N)N)c(F)c2)c2nn(-c3ccsc3C(=O)O)c(=O)[nH]2)cc1OC. The molecule has 40 heavy (non-hydrogen) atoms. The van der Waals surface area contributed by atoms with Crippen LogP contribution >= 0.6 is 11.3 Å². The van der Waals surface area contributed by atoms with Crippen molar-refractivity contribution in [1.29, 1.82) is 5.41 Å². The standard InChI is InChI=1S/C24H22FN5O5S.C2H4O2/c1-34-18-6-4-13(11-19(18)35-2)15(9-12-3-5-14(21(26)27)16(25)10-12)22-28-24(33)30(29-22)17-7-8-36-20(17)23(31)32;1-2(3)4/h3-8,10-11,15H,9H2,1-2H3,(H3,26,27)(H,31,32)(H,28,29,33);1H3,(H,3,4). The summed E-state index contributed by atoms with van der Waals surface area (Å²) in [5, 5.41) is 30.3. The second-order valence-corrected chi connectivity index (χ2v) is 9.20. The maximum Gasteiger partial charge on any atom is 0.348 e. The Morgan fingerprint density at radius 2 is 1.82 bits per heavy atom. The number of rotatable bonds is 9. The molecule has 0 aliphatic heterocycles. The Balaban J connectivity index is 0.00000103. The van der Waals surface area contributed by atoms with Crippen molar-refractivity contribution < 1.29 is 33.7 Å². The van der Waals surface area contributed by atoms with Crippen molar-refractivity contribution in [3.05, 3.63) is 91.5 Å².